The van der Waals surface area contributed by atoms with Gasteiger partial charge in [-0.15, -0.1) is 0 Å². The van der Waals surface area contributed by atoms with E-state index in [0.717, 1.165) is 4.47 Å². The lowest BCUT2D eigenvalue weighted by Gasteiger charge is -2.11. The van der Waals surface area contributed by atoms with Crippen LogP contribution in [0.1, 0.15) is 15.9 Å². The molecule has 0 saturated heterocycles. The van der Waals surface area contributed by atoms with Crippen LogP contribution < -0.4 is 29.1 Å². The van der Waals surface area contributed by atoms with Crippen LogP contribution in [-0.4, -0.2) is 46.0 Å². The molecule has 0 heterocycles. The van der Waals surface area contributed by atoms with Gasteiger partial charge in [-0.3, -0.25) is 4.79 Å². The number of carbonyl (C=O) groups is 2. The van der Waals surface area contributed by atoms with Crippen molar-refractivity contribution in [3.63, 3.8) is 0 Å². The minimum atomic E-state index is -0.594. The molecule has 0 aliphatic carbocycles. The van der Waals surface area contributed by atoms with Gasteiger partial charge in [-0.2, -0.15) is 5.10 Å². The first-order valence-corrected chi connectivity index (χ1v) is 11.1. The second-order valence-corrected chi connectivity index (χ2v) is 7.74. The summed E-state index contributed by atoms with van der Waals surface area (Å²) in [5.74, 6) is 0.963. The average Bonchev–Trinajstić information content (AvgIpc) is 2.88. The normalized spacial score (nSPS) is 10.5. The second-order valence-electron chi connectivity index (χ2n) is 6.88. The molecule has 0 aromatic heterocycles. The van der Waals surface area contributed by atoms with Crippen molar-refractivity contribution in [2.45, 2.75) is 0 Å². The van der Waals surface area contributed by atoms with Crippen LogP contribution in [0.5, 0.6) is 28.7 Å². The number of halogens is 1. The molecule has 0 spiro atoms. The third kappa shape index (κ3) is 6.97. The largest absolute Gasteiger partial charge is 0.493 e. The Morgan fingerprint density at radius 3 is 2.26 bits per heavy atom. The van der Waals surface area contributed by atoms with Gasteiger partial charge in [0.15, 0.2) is 29.6 Å². The predicted octanol–water partition coefficient (Wildman–Crippen LogP) is 4.22. The Kier molecular flexibility index (Phi) is 9.08. The minimum Gasteiger partial charge on any atom is -0.493 e. The third-order valence-electron chi connectivity index (χ3n) is 4.61. The first-order valence-electron chi connectivity index (χ1n) is 10.3. The van der Waals surface area contributed by atoms with Gasteiger partial charge in [0.25, 0.3) is 5.91 Å². The van der Waals surface area contributed by atoms with Crippen molar-refractivity contribution in [2.24, 2.45) is 5.10 Å². The minimum absolute atomic E-state index is 0.200. The lowest BCUT2D eigenvalue weighted by atomic mass is 10.2. The lowest BCUT2D eigenvalue weighted by molar-refractivity contribution is -0.123. The van der Waals surface area contributed by atoms with E-state index in [1.54, 1.807) is 42.5 Å². The van der Waals surface area contributed by atoms with Crippen molar-refractivity contribution >= 4 is 34.0 Å². The van der Waals surface area contributed by atoms with Gasteiger partial charge in [0.1, 0.15) is 5.75 Å². The standard InChI is InChI=1S/C25H23BrN2O7/c1-31-20-11-9-17(13-23(20)33-3)25(30)35-21-10-8-16(12-22(21)32-2)14-27-28-24(29)15-34-19-7-5-4-6-18(19)26/h4-14H,15H2,1-3H3,(H,28,29). The number of nitrogens with zero attached hydrogens (tertiary/aromatic N) is 1. The van der Waals surface area contributed by atoms with E-state index in [9.17, 15) is 9.59 Å². The Bertz CT molecular complexity index is 1230. The van der Waals surface area contributed by atoms with E-state index >= 15 is 0 Å². The van der Waals surface area contributed by atoms with Crippen LogP contribution in [0.4, 0.5) is 0 Å². The molecule has 182 valence electrons. The highest BCUT2D eigenvalue weighted by molar-refractivity contribution is 9.10. The molecule has 3 aromatic rings. The van der Waals surface area contributed by atoms with E-state index in [-0.39, 0.29) is 17.9 Å². The second kappa shape index (κ2) is 12.4. The first-order chi connectivity index (χ1) is 16.9. The van der Waals surface area contributed by atoms with Crippen LogP contribution in [0, 0.1) is 0 Å². The third-order valence-corrected chi connectivity index (χ3v) is 5.26. The molecule has 0 atom stereocenters. The van der Waals surface area contributed by atoms with Crippen LogP contribution in [0.25, 0.3) is 0 Å². The summed E-state index contributed by atoms with van der Waals surface area (Å²) in [5.41, 5.74) is 3.28. The number of rotatable bonds is 10. The highest BCUT2D eigenvalue weighted by Crippen LogP contribution is 2.31. The molecule has 35 heavy (non-hydrogen) atoms. The summed E-state index contributed by atoms with van der Waals surface area (Å²) >= 11 is 3.35. The number of hydrazone groups is 1. The topological polar surface area (TPSA) is 105 Å². The van der Waals surface area contributed by atoms with E-state index in [1.165, 1.54) is 33.6 Å². The van der Waals surface area contributed by atoms with Crippen LogP contribution in [0.3, 0.4) is 0 Å². The molecule has 0 radical (unpaired) electrons. The highest BCUT2D eigenvalue weighted by atomic mass is 79.9. The van der Waals surface area contributed by atoms with Crippen molar-refractivity contribution in [1.82, 2.24) is 5.43 Å². The van der Waals surface area contributed by atoms with Crippen LogP contribution in [-0.2, 0) is 4.79 Å². The summed E-state index contributed by atoms with van der Waals surface area (Å²) in [7, 11) is 4.44. The van der Waals surface area contributed by atoms with E-state index in [1.807, 2.05) is 12.1 Å². The number of nitrogens with one attached hydrogen (secondary N) is 1. The van der Waals surface area contributed by atoms with E-state index in [0.29, 0.717) is 28.6 Å². The molecule has 0 fully saturated rings. The summed E-state index contributed by atoms with van der Waals surface area (Å²) in [6.07, 6.45) is 1.43. The van der Waals surface area contributed by atoms with E-state index in [2.05, 4.69) is 26.5 Å². The van der Waals surface area contributed by atoms with Gasteiger partial charge in [0.2, 0.25) is 0 Å². The SMILES string of the molecule is COc1ccc(C(=O)Oc2ccc(C=NNC(=O)COc3ccccc3Br)cc2OC)cc1OC. The molecule has 3 aromatic carbocycles. The molecule has 0 bridgehead atoms. The zero-order valence-corrected chi connectivity index (χ0v) is 20.8. The number of esters is 1. The number of hydrogen-bond donors (Lipinski definition) is 1. The van der Waals surface area contributed by atoms with Gasteiger partial charge in [-0.25, -0.2) is 10.2 Å². The lowest BCUT2D eigenvalue weighted by Crippen LogP contribution is -2.24. The number of methoxy groups -OCH3 is 3. The average molecular weight is 543 g/mol. The van der Waals surface area contributed by atoms with Crippen molar-refractivity contribution in [3.8, 4) is 28.7 Å². The van der Waals surface area contributed by atoms with Gasteiger partial charge >= 0.3 is 5.97 Å². The fourth-order valence-corrected chi connectivity index (χ4v) is 3.29. The number of carbonyl (C=O) groups excluding carboxylic acids is 2. The summed E-state index contributed by atoms with van der Waals surface area (Å²) in [5, 5.41) is 3.92. The van der Waals surface area contributed by atoms with Gasteiger partial charge in [0.05, 0.1) is 37.6 Å². The Hall–Kier alpha value is -4.05. The molecule has 0 aliphatic rings. The summed E-state index contributed by atoms with van der Waals surface area (Å²) in [4.78, 5) is 24.6. The first kappa shape index (κ1) is 25.6. The predicted molar refractivity (Wildman–Crippen MR) is 133 cm³/mol. The maximum atomic E-state index is 12.6. The molecule has 0 unspecified atom stereocenters. The Balaban J connectivity index is 1.60. The number of para-hydroxylation sites is 1. The summed E-state index contributed by atoms with van der Waals surface area (Å²) in [6.45, 7) is -0.200. The van der Waals surface area contributed by atoms with Crippen molar-refractivity contribution in [3.05, 3.63) is 76.3 Å². The molecule has 9 nitrogen and oxygen atoms in total. The number of ether oxygens (including phenoxy) is 5. The van der Waals surface area contributed by atoms with E-state index < -0.39 is 11.9 Å². The van der Waals surface area contributed by atoms with Crippen molar-refractivity contribution in [1.29, 1.82) is 0 Å². The molecule has 1 N–H and O–H groups in total. The van der Waals surface area contributed by atoms with Crippen molar-refractivity contribution < 1.29 is 33.3 Å². The monoisotopic (exact) mass is 542 g/mol. The Labute approximate surface area is 210 Å². The fourth-order valence-electron chi connectivity index (χ4n) is 2.89. The smallest absolute Gasteiger partial charge is 0.343 e. The van der Waals surface area contributed by atoms with Gasteiger partial charge in [-0.05, 0) is 70.0 Å². The van der Waals surface area contributed by atoms with Crippen molar-refractivity contribution in [2.75, 3.05) is 27.9 Å². The highest BCUT2D eigenvalue weighted by Gasteiger charge is 2.15. The van der Waals surface area contributed by atoms with Crippen LogP contribution >= 0.6 is 15.9 Å². The molecule has 10 heteroatoms. The quantitative estimate of drug-likeness (QED) is 0.177. The number of benzene rings is 3. The zero-order valence-electron chi connectivity index (χ0n) is 19.2. The van der Waals surface area contributed by atoms with Crippen LogP contribution in [0.15, 0.2) is 70.2 Å². The van der Waals surface area contributed by atoms with Gasteiger partial charge in [-0.1, -0.05) is 12.1 Å². The molecule has 1 amide bonds. The molecule has 0 aliphatic heterocycles. The molecular weight excluding hydrogens is 520 g/mol. The fraction of sp³-hybridized carbons (Fsp3) is 0.160. The van der Waals surface area contributed by atoms with Crippen LogP contribution in [0.2, 0.25) is 0 Å². The van der Waals surface area contributed by atoms with E-state index in [4.69, 9.17) is 23.7 Å². The van der Waals surface area contributed by atoms with Gasteiger partial charge in [0, 0.05) is 0 Å². The number of amides is 1. The Morgan fingerprint density at radius 1 is 0.857 bits per heavy atom. The van der Waals surface area contributed by atoms with Gasteiger partial charge < -0.3 is 23.7 Å². The molecule has 3 rings (SSSR count). The maximum Gasteiger partial charge on any atom is 0.343 e. The summed E-state index contributed by atoms with van der Waals surface area (Å²) < 4.78 is 27.4. The maximum absolute atomic E-state index is 12.6. The Morgan fingerprint density at radius 2 is 1.54 bits per heavy atom. The molecule has 0 saturated carbocycles. The molecular formula is C25H23BrN2O7. The summed E-state index contributed by atoms with van der Waals surface area (Å²) in [6, 6.07) is 16.8. The number of hydrogen-bond acceptors (Lipinski definition) is 8. The zero-order chi connectivity index (χ0) is 25.2.